The van der Waals surface area contributed by atoms with E-state index in [2.05, 4.69) is 94.7 Å². The summed E-state index contributed by atoms with van der Waals surface area (Å²) in [5.41, 5.74) is 9.70. The number of aromatic nitrogens is 4. The summed E-state index contributed by atoms with van der Waals surface area (Å²) in [5, 5.41) is 13.6. The molecule has 5 heteroatoms. The standard InChI is InChI=1S/C33H35N5/c1-3-22(19-34-20-23-10-5-6-11-23)16-24(4-2)26-17-29-32(37-38-33(29)35-21-26)31-18-28-27(25-12-7-8-13-25)14-9-15-30(28)36-31/h3-4,7,9,12-18,21,23,34,36H,1,5-6,8,10-11,19-20H2,2H3,(H,35,37,38)/b22-16+,24-4+. The molecule has 3 aromatic heterocycles. The zero-order valence-corrected chi connectivity index (χ0v) is 22.1. The molecule has 1 saturated carbocycles. The summed E-state index contributed by atoms with van der Waals surface area (Å²) in [6, 6.07) is 10.8. The van der Waals surface area contributed by atoms with E-state index in [1.165, 1.54) is 47.8 Å². The van der Waals surface area contributed by atoms with Crippen molar-refractivity contribution < 1.29 is 0 Å². The number of benzene rings is 1. The summed E-state index contributed by atoms with van der Waals surface area (Å²) in [5.74, 6) is 0.820. The summed E-state index contributed by atoms with van der Waals surface area (Å²) in [7, 11) is 0. The molecule has 0 radical (unpaired) electrons. The monoisotopic (exact) mass is 501 g/mol. The van der Waals surface area contributed by atoms with Crippen LogP contribution in [0, 0.1) is 5.92 Å². The first-order chi connectivity index (χ1) is 18.7. The Labute approximate surface area is 224 Å². The molecule has 0 aliphatic heterocycles. The van der Waals surface area contributed by atoms with Crippen molar-refractivity contribution in [3.05, 3.63) is 96.3 Å². The molecule has 1 aromatic carbocycles. The Morgan fingerprint density at radius 2 is 2.08 bits per heavy atom. The maximum absolute atomic E-state index is 4.69. The predicted octanol–water partition coefficient (Wildman–Crippen LogP) is 7.75. The first-order valence-electron chi connectivity index (χ1n) is 13.8. The Balaban J connectivity index is 1.30. The van der Waals surface area contributed by atoms with E-state index in [9.17, 15) is 0 Å². The highest BCUT2D eigenvalue weighted by atomic mass is 15.2. The highest BCUT2D eigenvalue weighted by Gasteiger charge is 2.16. The lowest BCUT2D eigenvalue weighted by atomic mass is 10.0. The third-order valence-corrected chi connectivity index (χ3v) is 7.91. The van der Waals surface area contributed by atoms with Crippen LogP contribution in [0.1, 0.15) is 50.2 Å². The summed E-state index contributed by atoms with van der Waals surface area (Å²) >= 11 is 0. The topological polar surface area (TPSA) is 69.4 Å². The molecule has 192 valence electrons. The van der Waals surface area contributed by atoms with Gasteiger partial charge >= 0.3 is 0 Å². The smallest absolute Gasteiger partial charge is 0.181 e. The molecule has 4 aromatic rings. The molecule has 0 atom stereocenters. The van der Waals surface area contributed by atoms with Crippen LogP contribution in [0.2, 0.25) is 0 Å². The number of nitrogens with one attached hydrogen (secondary N) is 3. The third kappa shape index (κ3) is 4.82. The molecular weight excluding hydrogens is 466 g/mol. The van der Waals surface area contributed by atoms with Crippen LogP contribution >= 0.6 is 0 Å². The third-order valence-electron chi connectivity index (χ3n) is 7.91. The highest BCUT2D eigenvalue weighted by molar-refractivity contribution is 6.00. The summed E-state index contributed by atoms with van der Waals surface area (Å²) < 4.78 is 0. The Bertz CT molecular complexity index is 1600. The normalized spacial score (nSPS) is 16.7. The number of hydrogen-bond donors (Lipinski definition) is 3. The van der Waals surface area contributed by atoms with E-state index in [0.717, 1.165) is 58.9 Å². The molecule has 1 fully saturated rings. The molecule has 0 spiro atoms. The van der Waals surface area contributed by atoms with Gasteiger partial charge in [0.15, 0.2) is 5.65 Å². The van der Waals surface area contributed by atoms with Gasteiger partial charge in [-0.05, 0) is 79.1 Å². The van der Waals surface area contributed by atoms with E-state index < -0.39 is 0 Å². The number of aromatic amines is 2. The van der Waals surface area contributed by atoms with Crippen molar-refractivity contribution in [2.75, 3.05) is 13.1 Å². The molecule has 38 heavy (non-hydrogen) atoms. The average Bonchev–Trinajstić information content (AvgIpc) is 3.76. The number of H-pyrrole nitrogens is 2. The first-order valence-corrected chi connectivity index (χ1v) is 13.8. The number of hydrogen-bond acceptors (Lipinski definition) is 3. The van der Waals surface area contributed by atoms with Crippen molar-refractivity contribution >= 4 is 33.1 Å². The Morgan fingerprint density at radius 1 is 1.18 bits per heavy atom. The van der Waals surface area contributed by atoms with Crippen LogP contribution in [0.5, 0.6) is 0 Å². The minimum atomic E-state index is 0.714. The number of fused-ring (bicyclic) bond motifs is 2. The van der Waals surface area contributed by atoms with Gasteiger partial charge in [0, 0.05) is 34.6 Å². The van der Waals surface area contributed by atoms with Crippen molar-refractivity contribution in [3.8, 4) is 11.4 Å². The van der Waals surface area contributed by atoms with Crippen molar-refractivity contribution in [1.82, 2.24) is 25.5 Å². The summed E-state index contributed by atoms with van der Waals surface area (Å²) in [6.07, 6.45) is 21.4. The lowest BCUT2D eigenvalue weighted by Gasteiger charge is -2.12. The zero-order chi connectivity index (χ0) is 25.9. The lowest BCUT2D eigenvalue weighted by molar-refractivity contribution is 0.503. The molecule has 2 aliphatic rings. The average molecular weight is 502 g/mol. The van der Waals surface area contributed by atoms with Gasteiger partial charge in [0.25, 0.3) is 0 Å². The molecule has 3 N–H and O–H groups in total. The summed E-state index contributed by atoms with van der Waals surface area (Å²) in [4.78, 5) is 8.30. The van der Waals surface area contributed by atoms with E-state index in [1.807, 2.05) is 12.3 Å². The molecule has 0 amide bonds. The molecule has 5 nitrogen and oxygen atoms in total. The maximum atomic E-state index is 4.69. The van der Waals surface area contributed by atoms with E-state index >= 15 is 0 Å². The molecular formula is C33H35N5. The van der Waals surface area contributed by atoms with Crippen molar-refractivity contribution in [2.45, 2.75) is 39.0 Å². The van der Waals surface area contributed by atoms with Gasteiger partial charge in [-0.1, -0.05) is 68.0 Å². The van der Waals surface area contributed by atoms with E-state index in [-0.39, 0.29) is 0 Å². The minimum absolute atomic E-state index is 0.714. The Hall–Kier alpha value is -3.96. The molecule has 3 heterocycles. The molecule has 0 saturated heterocycles. The van der Waals surface area contributed by atoms with Crippen molar-refractivity contribution in [3.63, 3.8) is 0 Å². The molecule has 2 aliphatic carbocycles. The second-order valence-corrected chi connectivity index (χ2v) is 10.4. The maximum Gasteiger partial charge on any atom is 0.181 e. The van der Waals surface area contributed by atoms with Crippen LogP contribution in [-0.4, -0.2) is 33.3 Å². The van der Waals surface area contributed by atoms with Gasteiger partial charge in [-0.25, -0.2) is 4.98 Å². The second kappa shape index (κ2) is 10.8. The van der Waals surface area contributed by atoms with Gasteiger partial charge in [-0.3, -0.25) is 5.10 Å². The largest absolute Gasteiger partial charge is 0.353 e. The van der Waals surface area contributed by atoms with Crippen LogP contribution < -0.4 is 5.32 Å². The minimum Gasteiger partial charge on any atom is -0.353 e. The number of rotatable bonds is 9. The van der Waals surface area contributed by atoms with Crippen LogP contribution in [0.15, 0.2) is 85.1 Å². The number of allylic oxidation sites excluding steroid dienone is 7. The molecule has 6 rings (SSSR count). The Morgan fingerprint density at radius 3 is 2.87 bits per heavy atom. The van der Waals surface area contributed by atoms with E-state index in [0.29, 0.717) is 5.65 Å². The van der Waals surface area contributed by atoms with Gasteiger partial charge < -0.3 is 10.3 Å². The fourth-order valence-corrected chi connectivity index (χ4v) is 5.81. The van der Waals surface area contributed by atoms with Crippen LogP contribution in [-0.2, 0) is 0 Å². The second-order valence-electron chi connectivity index (χ2n) is 10.4. The number of nitrogens with zero attached hydrogens (tertiary/aromatic N) is 2. The van der Waals surface area contributed by atoms with E-state index in [1.54, 1.807) is 0 Å². The summed E-state index contributed by atoms with van der Waals surface area (Å²) in [6.45, 7) is 8.05. The number of pyridine rings is 1. The molecule has 0 unspecified atom stereocenters. The lowest BCUT2D eigenvalue weighted by Crippen LogP contribution is -2.23. The van der Waals surface area contributed by atoms with E-state index in [4.69, 9.17) is 4.98 Å². The van der Waals surface area contributed by atoms with Gasteiger partial charge in [0.2, 0.25) is 0 Å². The SMILES string of the molecule is C=C/C(=C\C(=C/C)c1cnc2n[nH]c(-c3cc4c(C5=CCC=C5)cccc4[nH]3)c2c1)CNCC1CCCC1. The van der Waals surface area contributed by atoms with Gasteiger partial charge in [0.1, 0.15) is 0 Å². The van der Waals surface area contributed by atoms with Crippen molar-refractivity contribution in [2.24, 2.45) is 5.92 Å². The van der Waals surface area contributed by atoms with Gasteiger partial charge in [0.05, 0.1) is 11.4 Å². The zero-order valence-electron chi connectivity index (χ0n) is 22.1. The Kier molecular flexibility index (Phi) is 6.93. The van der Waals surface area contributed by atoms with Crippen LogP contribution in [0.3, 0.4) is 0 Å². The first kappa shape index (κ1) is 24.4. The van der Waals surface area contributed by atoms with Crippen LogP contribution in [0.25, 0.3) is 44.5 Å². The highest BCUT2D eigenvalue weighted by Crippen LogP contribution is 2.34. The van der Waals surface area contributed by atoms with Crippen LogP contribution in [0.4, 0.5) is 0 Å². The molecule has 0 bridgehead atoms. The fourth-order valence-electron chi connectivity index (χ4n) is 5.81. The van der Waals surface area contributed by atoms with Gasteiger partial charge in [-0.2, -0.15) is 5.10 Å². The predicted molar refractivity (Wildman–Crippen MR) is 160 cm³/mol. The fraction of sp³-hybridized carbons (Fsp3) is 0.273. The quantitative estimate of drug-likeness (QED) is 0.205. The van der Waals surface area contributed by atoms with Gasteiger partial charge in [-0.15, -0.1) is 0 Å². The van der Waals surface area contributed by atoms with Crippen molar-refractivity contribution in [1.29, 1.82) is 0 Å².